The van der Waals surface area contributed by atoms with E-state index in [1.165, 1.54) is 24.3 Å². The number of carbonyl (C=O) groups is 1. The lowest BCUT2D eigenvalue weighted by molar-refractivity contribution is -0.120. The molecule has 7 nitrogen and oxygen atoms in total. The molecule has 3 rings (SSSR count). The number of rotatable bonds is 4. The molecule has 1 fully saturated rings. The Kier molecular flexibility index (Phi) is 3.66. The van der Waals surface area contributed by atoms with Gasteiger partial charge < -0.3 is 0 Å². The van der Waals surface area contributed by atoms with E-state index in [-0.39, 0.29) is 22.3 Å². The summed E-state index contributed by atoms with van der Waals surface area (Å²) < 4.78 is 28.2. The van der Waals surface area contributed by atoms with E-state index in [0.717, 1.165) is 5.56 Å². The van der Waals surface area contributed by atoms with Crippen LogP contribution in [0.2, 0.25) is 0 Å². The first-order valence-corrected chi connectivity index (χ1v) is 8.44. The second-order valence-corrected chi connectivity index (χ2v) is 7.19. The minimum absolute atomic E-state index is 0.00402. The standard InChI is InChI=1S/C15H14N4O3S/c1-19-9-11(8-17-19)13-6-14(13)15(20)18-23(21,22)12-4-2-3-10(5-12)7-16/h2-5,8-9,13-14H,6H2,1H3,(H,18,20)/t13-,14-/m1/s1. The van der Waals surface area contributed by atoms with Gasteiger partial charge in [0.05, 0.1) is 22.7 Å². The van der Waals surface area contributed by atoms with Gasteiger partial charge in [0.15, 0.2) is 0 Å². The Labute approximate surface area is 133 Å². The lowest BCUT2D eigenvalue weighted by Crippen LogP contribution is -2.32. The third-order valence-electron chi connectivity index (χ3n) is 3.79. The number of aryl methyl sites for hydroxylation is 1. The number of hydrogen-bond acceptors (Lipinski definition) is 5. The van der Waals surface area contributed by atoms with Crippen molar-refractivity contribution in [2.24, 2.45) is 13.0 Å². The van der Waals surface area contributed by atoms with Gasteiger partial charge in [0.2, 0.25) is 5.91 Å². The van der Waals surface area contributed by atoms with Crippen LogP contribution in [0, 0.1) is 17.2 Å². The van der Waals surface area contributed by atoms with E-state index >= 15 is 0 Å². The Morgan fingerprint density at radius 2 is 2.26 bits per heavy atom. The van der Waals surface area contributed by atoms with Crippen molar-refractivity contribution in [2.75, 3.05) is 0 Å². The average Bonchev–Trinajstić information content (AvgIpc) is 3.22. The van der Waals surface area contributed by atoms with Crippen LogP contribution in [0.3, 0.4) is 0 Å². The highest BCUT2D eigenvalue weighted by atomic mass is 32.2. The van der Waals surface area contributed by atoms with Gasteiger partial charge in [0, 0.05) is 19.2 Å². The predicted octanol–water partition coefficient (Wildman–Crippen LogP) is 0.900. The summed E-state index contributed by atoms with van der Waals surface area (Å²) in [6.07, 6.45) is 4.11. The summed E-state index contributed by atoms with van der Waals surface area (Å²) >= 11 is 0. The molecule has 0 spiro atoms. The highest BCUT2D eigenvalue weighted by molar-refractivity contribution is 7.90. The van der Waals surface area contributed by atoms with Gasteiger partial charge in [0.1, 0.15) is 0 Å². The van der Waals surface area contributed by atoms with Gasteiger partial charge in [-0.1, -0.05) is 6.07 Å². The van der Waals surface area contributed by atoms with Gasteiger partial charge in [-0.2, -0.15) is 10.4 Å². The molecule has 2 atom stereocenters. The van der Waals surface area contributed by atoms with Crippen LogP contribution in [0.25, 0.3) is 0 Å². The van der Waals surface area contributed by atoms with E-state index in [1.807, 2.05) is 12.3 Å². The molecule has 0 radical (unpaired) electrons. The zero-order valence-electron chi connectivity index (χ0n) is 12.3. The highest BCUT2D eigenvalue weighted by Crippen LogP contribution is 2.47. The first-order valence-electron chi connectivity index (χ1n) is 6.96. The number of nitrogens with one attached hydrogen (secondary N) is 1. The fourth-order valence-electron chi connectivity index (χ4n) is 2.48. The van der Waals surface area contributed by atoms with Crippen molar-refractivity contribution < 1.29 is 13.2 Å². The van der Waals surface area contributed by atoms with Crippen molar-refractivity contribution in [1.82, 2.24) is 14.5 Å². The van der Waals surface area contributed by atoms with Gasteiger partial charge in [-0.15, -0.1) is 0 Å². The molecule has 1 aromatic carbocycles. The first kappa shape index (κ1) is 15.2. The quantitative estimate of drug-likeness (QED) is 0.897. The highest BCUT2D eigenvalue weighted by Gasteiger charge is 2.45. The third-order valence-corrected chi connectivity index (χ3v) is 5.13. The molecule has 0 saturated heterocycles. The van der Waals surface area contributed by atoms with Crippen LogP contribution in [-0.2, 0) is 21.9 Å². The molecule has 0 bridgehead atoms. The zero-order chi connectivity index (χ0) is 16.6. The maximum atomic E-state index is 12.2. The number of hydrogen-bond donors (Lipinski definition) is 1. The largest absolute Gasteiger partial charge is 0.276 e. The Hall–Kier alpha value is -2.66. The summed E-state index contributed by atoms with van der Waals surface area (Å²) in [5.41, 5.74) is 1.15. The van der Waals surface area contributed by atoms with Crippen molar-refractivity contribution in [3.8, 4) is 6.07 Å². The van der Waals surface area contributed by atoms with E-state index < -0.39 is 15.9 Å². The molecule has 8 heteroatoms. The topological polar surface area (TPSA) is 105 Å². The van der Waals surface area contributed by atoms with E-state index in [9.17, 15) is 13.2 Å². The number of sulfonamides is 1. The Morgan fingerprint density at radius 1 is 1.48 bits per heavy atom. The van der Waals surface area contributed by atoms with Crippen molar-refractivity contribution in [1.29, 1.82) is 5.26 Å². The van der Waals surface area contributed by atoms with Crippen LogP contribution in [0.5, 0.6) is 0 Å². The number of nitrogens with zero attached hydrogens (tertiary/aromatic N) is 3. The first-order chi connectivity index (χ1) is 10.9. The van der Waals surface area contributed by atoms with Crippen molar-refractivity contribution in [3.63, 3.8) is 0 Å². The maximum absolute atomic E-state index is 12.2. The minimum Gasteiger partial charge on any atom is -0.276 e. The summed E-state index contributed by atoms with van der Waals surface area (Å²) in [4.78, 5) is 12.1. The zero-order valence-corrected chi connectivity index (χ0v) is 13.1. The molecule has 1 N–H and O–H groups in total. The van der Waals surface area contributed by atoms with Crippen molar-refractivity contribution in [2.45, 2.75) is 17.2 Å². The van der Waals surface area contributed by atoms with Crippen LogP contribution < -0.4 is 4.72 Å². The normalized spacial score (nSPS) is 19.8. The Bertz CT molecular complexity index is 911. The summed E-state index contributed by atoms with van der Waals surface area (Å²) in [6.45, 7) is 0. The molecule has 1 saturated carbocycles. The Balaban J connectivity index is 1.71. The number of aromatic nitrogens is 2. The number of amides is 1. The number of benzene rings is 1. The molecular formula is C15H14N4O3S. The summed E-state index contributed by atoms with van der Waals surface area (Å²) in [5, 5.41) is 12.9. The van der Waals surface area contributed by atoms with Crippen LogP contribution in [0.15, 0.2) is 41.6 Å². The Morgan fingerprint density at radius 3 is 2.91 bits per heavy atom. The van der Waals surface area contributed by atoms with E-state index in [2.05, 4.69) is 9.82 Å². The smallest absolute Gasteiger partial charge is 0.264 e. The molecule has 1 amide bonds. The molecule has 1 heterocycles. The SMILES string of the molecule is Cn1cc([C@H]2C[C@H]2C(=O)NS(=O)(=O)c2cccc(C#N)c2)cn1. The lowest BCUT2D eigenvalue weighted by Gasteiger charge is -2.06. The predicted molar refractivity (Wildman–Crippen MR) is 80.5 cm³/mol. The lowest BCUT2D eigenvalue weighted by atomic mass is 10.2. The minimum atomic E-state index is -3.97. The fraction of sp³-hybridized carbons (Fsp3) is 0.267. The van der Waals surface area contributed by atoms with E-state index in [0.29, 0.717) is 6.42 Å². The molecule has 1 aromatic heterocycles. The molecule has 0 unspecified atom stereocenters. The molecular weight excluding hydrogens is 316 g/mol. The summed E-state index contributed by atoms with van der Waals surface area (Å²) in [6, 6.07) is 7.42. The molecule has 1 aliphatic carbocycles. The summed E-state index contributed by atoms with van der Waals surface area (Å²) in [7, 11) is -2.18. The number of nitriles is 1. The van der Waals surface area contributed by atoms with E-state index in [4.69, 9.17) is 5.26 Å². The summed E-state index contributed by atoms with van der Waals surface area (Å²) in [5.74, 6) is -0.890. The van der Waals surface area contributed by atoms with E-state index in [1.54, 1.807) is 17.9 Å². The molecule has 2 aromatic rings. The van der Waals surface area contributed by atoms with Gasteiger partial charge >= 0.3 is 0 Å². The second kappa shape index (κ2) is 5.52. The van der Waals surface area contributed by atoms with Crippen LogP contribution in [0.4, 0.5) is 0 Å². The van der Waals surface area contributed by atoms with Crippen molar-refractivity contribution >= 4 is 15.9 Å². The van der Waals surface area contributed by atoms with Crippen molar-refractivity contribution in [3.05, 3.63) is 47.8 Å². The van der Waals surface area contributed by atoms with Crippen LogP contribution >= 0.6 is 0 Å². The average molecular weight is 330 g/mol. The second-order valence-electron chi connectivity index (χ2n) is 5.51. The molecule has 0 aliphatic heterocycles. The monoisotopic (exact) mass is 330 g/mol. The number of carbonyl (C=O) groups excluding carboxylic acids is 1. The third kappa shape index (κ3) is 3.10. The molecule has 1 aliphatic rings. The molecule has 118 valence electrons. The fourth-order valence-corrected chi connectivity index (χ4v) is 3.56. The van der Waals surface area contributed by atoms with Crippen LogP contribution in [-0.4, -0.2) is 24.1 Å². The maximum Gasteiger partial charge on any atom is 0.264 e. The van der Waals surface area contributed by atoms with Gasteiger partial charge in [-0.25, -0.2) is 13.1 Å². The van der Waals surface area contributed by atoms with Gasteiger partial charge in [0.25, 0.3) is 10.0 Å². The molecule has 23 heavy (non-hydrogen) atoms. The van der Waals surface area contributed by atoms with Crippen LogP contribution in [0.1, 0.15) is 23.5 Å². The van der Waals surface area contributed by atoms with Gasteiger partial charge in [-0.3, -0.25) is 9.48 Å². The van der Waals surface area contributed by atoms with Gasteiger partial charge in [-0.05, 0) is 36.1 Å².